The monoisotopic (exact) mass is 439 g/mol. The molecule has 10 heteroatoms. The molecule has 0 bridgehead atoms. The Balaban J connectivity index is 1.34. The Morgan fingerprint density at radius 2 is 2.16 bits per heavy atom. The third kappa shape index (κ3) is 4.17. The molecule has 4 heterocycles. The van der Waals surface area contributed by atoms with Crippen molar-refractivity contribution in [2.75, 3.05) is 25.0 Å². The van der Waals surface area contributed by atoms with Crippen LogP contribution in [-0.2, 0) is 17.6 Å². The summed E-state index contributed by atoms with van der Waals surface area (Å²) in [6.07, 6.45) is 5.64. The van der Waals surface area contributed by atoms with Crippen molar-refractivity contribution >= 4 is 28.2 Å². The van der Waals surface area contributed by atoms with Gasteiger partial charge in [0.15, 0.2) is 10.8 Å². The Morgan fingerprint density at radius 3 is 3.00 bits per heavy atom. The number of H-pyrrole nitrogens is 1. The zero-order valence-corrected chi connectivity index (χ0v) is 18.5. The van der Waals surface area contributed by atoms with Crippen molar-refractivity contribution in [2.45, 2.75) is 45.6 Å². The number of hydrogen-bond donors (Lipinski definition) is 2. The molecule has 0 aromatic carbocycles. The second kappa shape index (κ2) is 8.35. The molecule has 162 valence electrons. The largest absolute Gasteiger partial charge is 0.368 e. The number of carbonyl (C=O) groups excluding carboxylic acids is 1. The molecule has 2 aliphatic rings. The van der Waals surface area contributed by atoms with Crippen LogP contribution in [0.2, 0.25) is 0 Å². The van der Waals surface area contributed by atoms with Gasteiger partial charge in [-0.25, -0.2) is 15.0 Å². The normalized spacial score (nSPS) is 18.6. The number of anilines is 2. The van der Waals surface area contributed by atoms with E-state index in [1.165, 1.54) is 0 Å². The zero-order valence-electron chi connectivity index (χ0n) is 17.6. The summed E-state index contributed by atoms with van der Waals surface area (Å²) in [5.41, 5.74) is 3.52. The van der Waals surface area contributed by atoms with Gasteiger partial charge in [0.2, 0.25) is 0 Å². The minimum Gasteiger partial charge on any atom is -0.368 e. The predicted molar refractivity (Wildman–Crippen MR) is 117 cm³/mol. The molecular weight excluding hydrogens is 414 g/mol. The van der Waals surface area contributed by atoms with Crippen LogP contribution in [0.25, 0.3) is 0 Å². The Hall–Kier alpha value is -2.85. The standard InChI is InChI=1S/C21H25N7O2S/c1-12-10-22-21(31-12)25-18-9-16(23-13(2)24-18)17-11-28(7-8-30-17)20(29)19-14-5-3-4-6-15(14)26-27-19/h9-10,17H,3-8,11H2,1-2H3,(H,26,27)(H,22,23,24,25)/t17-/m1/s1. The summed E-state index contributed by atoms with van der Waals surface area (Å²) in [5.74, 6) is 1.28. The number of amides is 1. The van der Waals surface area contributed by atoms with Gasteiger partial charge in [0.05, 0.1) is 18.8 Å². The van der Waals surface area contributed by atoms with Crippen molar-refractivity contribution in [2.24, 2.45) is 0 Å². The summed E-state index contributed by atoms with van der Waals surface area (Å²) in [5, 5.41) is 11.4. The van der Waals surface area contributed by atoms with E-state index >= 15 is 0 Å². The number of thiazole rings is 1. The lowest BCUT2D eigenvalue weighted by atomic mass is 9.95. The van der Waals surface area contributed by atoms with Gasteiger partial charge in [-0.1, -0.05) is 0 Å². The molecule has 0 spiro atoms. The van der Waals surface area contributed by atoms with Gasteiger partial charge < -0.3 is 15.0 Å². The van der Waals surface area contributed by atoms with Crippen LogP contribution in [0.1, 0.15) is 57.1 Å². The van der Waals surface area contributed by atoms with Crippen molar-refractivity contribution in [3.05, 3.63) is 45.6 Å². The maximum atomic E-state index is 13.2. The molecule has 1 atom stereocenters. The zero-order chi connectivity index (χ0) is 21.4. The first-order chi connectivity index (χ1) is 15.1. The van der Waals surface area contributed by atoms with Crippen LogP contribution < -0.4 is 5.32 Å². The van der Waals surface area contributed by atoms with Gasteiger partial charge in [0.25, 0.3) is 5.91 Å². The third-order valence-electron chi connectivity index (χ3n) is 5.66. The van der Waals surface area contributed by atoms with Gasteiger partial charge in [-0.15, -0.1) is 11.3 Å². The van der Waals surface area contributed by atoms with E-state index < -0.39 is 0 Å². The average Bonchev–Trinajstić information content (AvgIpc) is 3.39. The van der Waals surface area contributed by atoms with Crippen molar-refractivity contribution in [3.8, 4) is 0 Å². The summed E-state index contributed by atoms with van der Waals surface area (Å²) < 4.78 is 5.99. The first-order valence-corrected chi connectivity index (χ1v) is 11.4. The molecule has 1 aliphatic heterocycles. The maximum Gasteiger partial charge on any atom is 0.274 e. The van der Waals surface area contributed by atoms with E-state index in [1.54, 1.807) is 11.3 Å². The van der Waals surface area contributed by atoms with Crippen LogP contribution in [0.5, 0.6) is 0 Å². The Labute approximate surface area is 184 Å². The van der Waals surface area contributed by atoms with Crippen LogP contribution in [0.15, 0.2) is 12.3 Å². The number of morpholine rings is 1. The molecule has 0 saturated carbocycles. The van der Waals surface area contributed by atoms with Crippen LogP contribution >= 0.6 is 11.3 Å². The topological polar surface area (TPSA) is 109 Å². The lowest BCUT2D eigenvalue weighted by Gasteiger charge is -2.32. The van der Waals surface area contributed by atoms with E-state index in [2.05, 4.69) is 30.5 Å². The molecule has 1 amide bonds. The fourth-order valence-corrected chi connectivity index (χ4v) is 4.83. The van der Waals surface area contributed by atoms with Crippen molar-refractivity contribution in [1.29, 1.82) is 0 Å². The smallest absolute Gasteiger partial charge is 0.274 e. The maximum absolute atomic E-state index is 13.2. The molecular formula is C21H25N7O2S. The fourth-order valence-electron chi connectivity index (χ4n) is 4.16. The molecule has 5 rings (SSSR count). The van der Waals surface area contributed by atoms with Gasteiger partial charge in [-0.3, -0.25) is 9.89 Å². The van der Waals surface area contributed by atoms with E-state index in [9.17, 15) is 4.79 Å². The number of nitrogens with one attached hydrogen (secondary N) is 2. The predicted octanol–water partition coefficient (Wildman–Crippen LogP) is 3.11. The summed E-state index contributed by atoms with van der Waals surface area (Å²) >= 11 is 1.57. The molecule has 1 saturated heterocycles. The highest BCUT2D eigenvalue weighted by molar-refractivity contribution is 7.15. The number of fused-ring (bicyclic) bond motifs is 1. The third-order valence-corrected chi connectivity index (χ3v) is 6.48. The highest BCUT2D eigenvalue weighted by atomic mass is 32.1. The van der Waals surface area contributed by atoms with E-state index in [4.69, 9.17) is 4.74 Å². The van der Waals surface area contributed by atoms with Gasteiger partial charge in [0.1, 0.15) is 17.7 Å². The molecule has 0 unspecified atom stereocenters. The number of hydrogen-bond acceptors (Lipinski definition) is 8. The van der Waals surface area contributed by atoms with E-state index in [0.717, 1.165) is 52.6 Å². The second-order valence-corrected chi connectivity index (χ2v) is 9.21. The molecule has 0 radical (unpaired) electrons. The fraction of sp³-hybridized carbons (Fsp3) is 0.476. The number of aromatic nitrogens is 5. The number of aryl methyl sites for hydroxylation is 3. The number of nitrogens with zero attached hydrogens (tertiary/aromatic N) is 5. The van der Waals surface area contributed by atoms with Gasteiger partial charge in [-0.05, 0) is 39.5 Å². The van der Waals surface area contributed by atoms with E-state index in [1.807, 2.05) is 31.0 Å². The summed E-state index contributed by atoms with van der Waals surface area (Å²) in [6.45, 7) is 5.30. The lowest BCUT2D eigenvalue weighted by Crippen LogP contribution is -2.43. The number of aromatic amines is 1. The summed E-state index contributed by atoms with van der Waals surface area (Å²) in [6, 6.07) is 1.87. The van der Waals surface area contributed by atoms with Gasteiger partial charge >= 0.3 is 0 Å². The number of carbonyl (C=O) groups is 1. The van der Waals surface area contributed by atoms with Crippen molar-refractivity contribution in [3.63, 3.8) is 0 Å². The van der Waals surface area contributed by atoms with E-state index in [-0.39, 0.29) is 12.0 Å². The first kappa shape index (κ1) is 20.1. The van der Waals surface area contributed by atoms with Crippen LogP contribution in [-0.4, -0.2) is 55.7 Å². The number of rotatable bonds is 4. The highest BCUT2D eigenvalue weighted by Crippen LogP contribution is 2.28. The van der Waals surface area contributed by atoms with Gasteiger partial charge in [0, 0.05) is 34.9 Å². The van der Waals surface area contributed by atoms with Crippen LogP contribution in [0.3, 0.4) is 0 Å². The first-order valence-electron chi connectivity index (χ1n) is 10.6. The van der Waals surface area contributed by atoms with Crippen molar-refractivity contribution < 1.29 is 9.53 Å². The number of ether oxygens (including phenoxy) is 1. The molecule has 3 aromatic heterocycles. The molecule has 3 aromatic rings. The second-order valence-electron chi connectivity index (χ2n) is 7.97. The Bertz CT molecular complexity index is 1110. The average molecular weight is 440 g/mol. The summed E-state index contributed by atoms with van der Waals surface area (Å²) in [4.78, 5) is 29.6. The Kier molecular flexibility index (Phi) is 5.41. The van der Waals surface area contributed by atoms with Gasteiger partial charge in [-0.2, -0.15) is 5.10 Å². The summed E-state index contributed by atoms with van der Waals surface area (Å²) in [7, 11) is 0. The minimum atomic E-state index is -0.312. The van der Waals surface area contributed by atoms with Crippen LogP contribution in [0.4, 0.5) is 10.9 Å². The molecule has 2 N–H and O–H groups in total. The molecule has 1 fully saturated rings. The SMILES string of the molecule is Cc1nc(Nc2ncc(C)s2)cc([C@H]2CN(C(=O)c3n[nH]c4c3CCCC4)CCO2)n1. The molecule has 31 heavy (non-hydrogen) atoms. The van der Waals surface area contributed by atoms with Crippen molar-refractivity contribution in [1.82, 2.24) is 30.0 Å². The molecule has 1 aliphatic carbocycles. The quantitative estimate of drug-likeness (QED) is 0.643. The minimum absolute atomic E-state index is 0.0323. The Morgan fingerprint density at radius 1 is 1.29 bits per heavy atom. The highest BCUT2D eigenvalue weighted by Gasteiger charge is 2.31. The lowest BCUT2D eigenvalue weighted by molar-refractivity contribution is -0.0250. The van der Waals surface area contributed by atoms with Crippen LogP contribution in [0, 0.1) is 13.8 Å². The molecule has 9 nitrogen and oxygen atoms in total. The van der Waals surface area contributed by atoms with E-state index in [0.29, 0.717) is 37.0 Å².